The van der Waals surface area contributed by atoms with Crippen LogP contribution in [-0.4, -0.2) is 15.0 Å². The topological polar surface area (TPSA) is 38.7 Å². The van der Waals surface area contributed by atoms with Gasteiger partial charge < -0.3 is 0 Å². The SMILES string of the molecule is Cc1nc(Br)cc(-c2ccc3ccccc3n2)n1. The van der Waals surface area contributed by atoms with E-state index in [0.717, 1.165) is 32.7 Å². The lowest BCUT2D eigenvalue weighted by Gasteiger charge is -2.04. The van der Waals surface area contributed by atoms with Gasteiger partial charge in [0.15, 0.2) is 0 Å². The normalized spacial score (nSPS) is 10.8. The Labute approximate surface area is 113 Å². The maximum atomic E-state index is 4.62. The van der Waals surface area contributed by atoms with Gasteiger partial charge in [0.1, 0.15) is 10.4 Å². The van der Waals surface area contributed by atoms with Gasteiger partial charge in [0.2, 0.25) is 0 Å². The first kappa shape index (κ1) is 11.3. The standard InChI is InChI=1S/C14H10BrN3/c1-9-16-13(8-14(15)17-9)12-7-6-10-4-2-3-5-11(10)18-12/h2-8H,1H3. The summed E-state index contributed by atoms with van der Waals surface area (Å²) in [5.74, 6) is 0.731. The summed E-state index contributed by atoms with van der Waals surface area (Å²) in [4.78, 5) is 13.2. The van der Waals surface area contributed by atoms with Gasteiger partial charge in [-0.15, -0.1) is 0 Å². The number of aryl methyl sites for hydroxylation is 1. The Balaban J connectivity index is 2.19. The van der Waals surface area contributed by atoms with Crippen LogP contribution < -0.4 is 0 Å². The summed E-state index contributed by atoms with van der Waals surface area (Å²) in [7, 11) is 0. The molecular weight excluding hydrogens is 290 g/mol. The van der Waals surface area contributed by atoms with E-state index in [9.17, 15) is 0 Å². The molecule has 0 aliphatic heterocycles. The number of hydrogen-bond acceptors (Lipinski definition) is 3. The minimum atomic E-state index is 0.731. The minimum absolute atomic E-state index is 0.731. The second-order valence-electron chi connectivity index (χ2n) is 4.01. The molecule has 0 aliphatic carbocycles. The van der Waals surface area contributed by atoms with Crippen LogP contribution in [0, 0.1) is 6.92 Å². The number of benzene rings is 1. The molecule has 0 N–H and O–H groups in total. The van der Waals surface area contributed by atoms with Crippen molar-refractivity contribution in [2.24, 2.45) is 0 Å². The maximum absolute atomic E-state index is 4.62. The Morgan fingerprint density at radius 2 is 1.72 bits per heavy atom. The summed E-state index contributed by atoms with van der Waals surface area (Å²) in [6.07, 6.45) is 0. The zero-order chi connectivity index (χ0) is 12.5. The van der Waals surface area contributed by atoms with Crippen molar-refractivity contribution < 1.29 is 0 Å². The Bertz CT molecular complexity index is 705. The van der Waals surface area contributed by atoms with E-state index in [0.29, 0.717) is 0 Å². The second kappa shape index (κ2) is 4.46. The molecule has 18 heavy (non-hydrogen) atoms. The van der Waals surface area contributed by atoms with E-state index in [1.165, 1.54) is 0 Å². The van der Waals surface area contributed by atoms with Crippen molar-refractivity contribution >= 4 is 26.8 Å². The molecule has 3 aromatic rings. The summed E-state index contributed by atoms with van der Waals surface area (Å²) in [5, 5.41) is 1.13. The van der Waals surface area contributed by atoms with Crippen LogP contribution in [0.25, 0.3) is 22.3 Å². The van der Waals surface area contributed by atoms with Gasteiger partial charge in [0.05, 0.1) is 16.9 Å². The molecule has 0 aliphatic rings. The lowest BCUT2D eigenvalue weighted by Crippen LogP contribution is -1.93. The first-order valence-electron chi connectivity index (χ1n) is 5.60. The van der Waals surface area contributed by atoms with Crippen molar-refractivity contribution in [3.8, 4) is 11.4 Å². The molecule has 2 aromatic heterocycles. The summed E-state index contributed by atoms with van der Waals surface area (Å²) < 4.78 is 0.778. The van der Waals surface area contributed by atoms with E-state index in [1.807, 2.05) is 43.3 Å². The zero-order valence-electron chi connectivity index (χ0n) is 9.76. The van der Waals surface area contributed by atoms with Gasteiger partial charge in [-0.25, -0.2) is 15.0 Å². The molecule has 0 fully saturated rings. The smallest absolute Gasteiger partial charge is 0.127 e. The summed E-state index contributed by atoms with van der Waals surface area (Å²) in [5.41, 5.74) is 2.67. The lowest BCUT2D eigenvalue weighted by molar-refractivity contribution is 1.03. The number of rotatable bonds is 1. The van der Waals surface area contributed by atoms with E-state index in [-0.39, 0.29) is 0 Å². The summed E-state index contributed by atoms with van der Waals surface area (Å²) >= 11 is 3.38. The molecule has 0 atom stereocenters. The van der Waals surface area contributed by atoms with Crippen LogP contribution in [-0.2, 0) is 0 Å². The summed E-state index contributed by atoms with van der Waals surface area (Å²) in [6, 6.07) is 14.0. The highest BCUT2D eigenvalue weighted by molar-refractivity contribution is 9.10. The third-order valence-electron chi connectivity index (χ3n) is 2.67. The molecule has 0 unspecified atom stereocenters. The molecule has 4 heteroatoms. The van der Waals surface area contributed by atoms with Crippen LogP contribution >= 0.6 is 15.9 Å². The highest BCUT2D eigenvalue weighted by atomic mass is 79.9. The Morgan fingerprint density at radius 1 is 0.889 bits per heavy atom. The first-order valence-corrected chi connectivity index (χ1v) is 6.39. The Hall–Kier alpha value is -1.81. The van der Waals surface area contributed by atoms with Crippen molar-refractivity contribution in [1.29, 1.82) is 0 Å². The largest absolute Gasteiger partial charge is 0.246 e. The second-order valence-corrected chi connectivity index (χ2v) is 4.82. The fraction of sp³-hybridized carbons (Fsp3) is 0.0714. The van der Waals surface area contributed by atoms with Crippen molar-refractivity contribution in [2.75, 3.05) is 0 Å². The fourth-order valence-electron chi connectivity index (χ4n) is 1.87. The number of fused-ring (bicyclic) bond motifs is 1. The molecule has 2 heterocycles. The number of aromatic nitrogens is 3. The van der Waals surface area contributed by atoms with Gasteiger partial charge >= 0.3 is 0 Å². The van der Waals surface area contributed by atoms with Crippen molar-refractivity contribution in [1.82, 2.24) is 15.0 Å². The van der Waals surface area contributed by atoms with Crippen molar-refractivity contribution in [3.05, 3.63) is 52.9 Å². The molecule has 0 radical (unpaired) electrons. The Kier molecular flexibility index (Phi) is 2.80. The first-order chi connectivity index (χ1) is 8.72. The quantitative estimate of drug-likeness (QED) is 0.642. The highest BCUT2D eigenvalue weighted by Crippen LogP contribution is 2.21. The number of para-hydroxylation sites is 1. The number of halogens is 1. The number of nitrogens with zero attached hydrogens (tertiary/aromatic N) is 3. The maximum Gasteiger partial charge on any atom is 0.127 e. The van der Waals surface area contributed by atoms with Gasteiger partial charge in [0, 0.05) is 5.39 Å². The van der Waals surface area contributed by atoms with Crippen LogP contribution in [0.1, 0.15) is 5.82 Å². The average Bonchev–Trinajstić information content (AvgIpc) is 2.37. The fourth-order valence-corrected chi connectivity index (χ4v) is 2.34. The van der Waals surface area contributed by atoms with E-state index >= 15 is 0 Å². The van der Waals surface area contributed by atoms with E-state index in [1.54, 1.807) is 0 Å². The van der Waals surface area contributed by atoms with E-state index < -0.39 is 0 Å². The molecule has 0 amide bonds. The van der Waals surface area contributed by atoms with Crippen molar-refractivity contribution in [3.63, 3.8) is 0 Å². The predicted molar refractivity (Wildman–Crippen MR) is 75.2 cm³/mol. The monoisotopic (exact) mass is 299 g/mol. The average molecular weight is 300 g/mol. The van der Waals surface area contributed by atoms with Gasteiger partial charge in [-0.05, 0) is 41.1 Å². The lowest BCUT2D eigenvalue weighted by atomic mass is 10.2. The molecule has 0 saturated carbocycles. The molecule has 3 nitrogen and oxygen atoms in total. The number of pyridine rings is 1. The van der Waals surface area contributed by atoms with Crippen LogP contribution in [0.15, 0.2) is 47.1 Å². The molecule has 0 bridgehead atoms. The highest BCUT2D eigenvalue weighted by Gasteiger charge is 2.05. The van der Waals surface area contributed by atoms with Crippen LogP contribution in [0.2, 0.25) is 0 Å². The molecule has 0 spiro atoms. The third kappa shape index (κ3) is 2.11. The van der Waals surface area contributed by atoms with Gasteiger partial charge in [0.25, 0.3) is 0 Å². The van der Waals surface area contributed by atoms with Crippen LogP contribution in [0.5, 0.6) is 0 Å². The number of hydrogen-bond donors (Lipinski definition) is 0. The van der Waals surface area contributed by atoms with Crippen molar-refractivity contribution in [2.45, 2.75) is 6.92 Å². The molecule has 88 valence electrons. The van der Waals surface area contributed by atoms with E-state index in [2.05, 4.69) is 36.9 Å². The molecule has 1 aromatic carbocycles. The predicted octanol–water partition coefficient (Wildman–Crippen LogP) is 3.76. The Morgan fingerprint density at radius 3 is 2.56 bits per heavy atom. The molecular formula is C14H10BrN3. The van der Waals surface area contributed by atoms with Crippen LogP contribution in [0.3, 0.4) is 0 Å². The van der Waals surface area contributed by atoms with Gasteiger partial charge in [-0.1, -0.05) is 24.3 Å². The zero-order valence-corrected chi connectivity index (χ0v) is 11.3. The van der Waals surface area contributed by atoms with E-state index in [4.69, 9.17) is 0 Å². The minimum Gasteiger partial charge on any atom is -0.246 e. The van der Waals surface area contributed by atoms with Crippen LogP contribution in [0.4, 0.5) is 0 Å². The third-order valence-corrected chi connectivity index (χ3v) is 3.07. The molecule has 0 saturated heterocycles. The summed E-state index contributed by atoms with van der Waals surface area (Å²) in [6.45, 7) is 1.87. The van der Waals surface area contributed by atoms with Gasteiger partial charge in [-0.3, -0.25) is 0 Å². The molecule has 3 rings (SSSR count). The van der Waals surface area contributed by atoms with Gasteiger partial charge in [-0.2, -0.15) is 0 Å².